The molecular formula is C22H24N5O+. The van der Waals surface area contributed by atoms with Gasteiger partial charge in [0.05, 0.1) is 50.7 Å². The number of nitrogens with zero attached hydrogens (tertiary/aromatic N) is 3. The van der Waals surface area contributed by atoms with Crippen molar-refractivity contribution in [3.05, 3.63) is 41.5 Å². The van der Waals surface area contributed by atoms with Gasteiger partial charge in [-0.05, 0) is 35.8 Å². The smallest absolute Gasteiger partial charge is 0.189 e. The zero-order valence-electron chi connectivity index (χ0n) is 16.2. The average molecular weight is 374 g/mol. The van der Waals surface area contributed by atoms with Crippen molar-refractivity contribution in [3.8, 4) is 24.0 Å². The molecule has 0 spiro atoms. The lowest BCUT2D eigenvalue weighted by molar-refractivity contribution is -0.899. The highest BCUT2D eigenvalue weighted by molar-refractivity contribution is 6.00. The molecule has 0 radical (unpaired) electrons. The van der Waals surface area contributed by atoms with Crippen LogP contribution in [0.1, 0.15) is 24.8 Å². The van der Waals surface area contributed by atoms with Crippen LogP contribution in [0.4, 0.5) is 0 Å². The van der Waals surface area contributed by atoms with Crippen LogP contribution in [-0.2, 0) is 0 Å². The van der Waals surface area contributed by atoms with Crippen LogP contribution in [0.15, 0.2) is 35.9 Å². The van der Waals surface area contributed by atoms with Gasteiger partial charge < -0.3 is 15.0 Å². The number of benzene rings is 1. The van der Waals surface area contributed by atoms with Gasteiger partial charge in [-0.2, -0.15) is 15.8 Å². The number of nitrogens with one attached hydrogen (secondary N) is 2. The van der Waals surface area contributed by atoms with Crippen LogP contribution in [0.25, 0.3) is 0 Å². The standard InChI is InChI=1S/C22H23N5O/c1-3-8-27-9-7-17-18(11-23)21(26)22(13-24,14-25)20(19(17)12-27)15-5-4-6-16(10-15)28-2/h4-7,10,18-20,26H,3,8-9,12H2,1-2H3/p+1/t18?,19-,20-/m1/s1. The van der Waals surface area contributed by atoms with Crippen molar-refractivity contribution in [1.82, 2.24) is 0 Å². The molecule has 2 aliphatic rings. The van der Waals surface area contributed by atoms with Crippen molar-refractivity contribution < 1.29 is 9.64 Å². The minimum Gasteiger partial charge on any atom is -0.497 e. The van der Waals surface area contributed by atoms with E-state index in [1.807, 2.05) is 24.3 Å². The molecule has 3 rings (SSSR count). The van der Waals surface area contributed by atoms with Gasteiger partial charge in [0.2, 0.25) is 0 Å². The summed E-state index contributed by atoms with van der Waals surface area (Å²) in [6, 6.07) is 13.9. The van der Waals surface area contributed by atoms with E-state index in [0.717, 1.165) is 37.2 Å². The van der Waals surface area contributed by atoms with Gasteiger partial charge >= 0.3 is 0 Å². The van der Waals surface area contributed by atoms with Crippen LogP contribution in [0.3, 0.4) is 0 Å². The number of fused-ring (bicyclic) bond motifs is 1. The van der Waals surface area contributed by atoms with Gasteiger partial charge in [-0.25, -0.2) is 0 Å². The maximum atomic E-state index is 10.1. The molecule has 1 aromatic rings. The summed E-state index contributed by atoms with van der Waals surface area (Å²) in [6.07, 6.45) is 3.10. The quantitative estimate of drug-likeness (QED) is 0.784. The molecule has 0 aromatic heterocycles. The van der Waals surface area contributed by atoms with E-state index in [1.54, 1.807) is 7.11 Å². The number of hydrogen-bond donors (Lipinski definition) is 2. The molecule has 28 heavy (non-hydrogen) atoms. The molecule has 4 atom stereocenters. The van der Waals surface area contributed by atoms with Crippen molar-refractivity contribution in [2.24, 2.45) is 17.3 Å². The highest BCUT2D eigenvalue weighted by Crippen LogP contribution is 2.52. The fourth-order valence-electron chi connectivity index (χ4n) is 4.73. The maximum absolute atomic E-state index is 10.1. The molecule has 6 nitrogen and oxygen atoms in total. The Morgan fingerprint density at radius 2 is 2.04 bits per heavy atom. The summed E-state index contributed by atoms with van der Waals surface area (Å²) in [5.41, 5.74) is -0.0727. The summed E-state index contributed by atoms with van der Waals surface area (Å²) >= 11 is 0. The van der Waals surface area contributed by atoms with E-state index >= 15 is 0 Å². The first-order valence-electron chi connectivity index (χ1n) is 9.54. The topological polar surface area (TPSA) is 109 Å². The normalized spacial score (nSPS) is 28.1. The van der Waals surface area contributed by atoms with E-state index < -0.39 is 17.3 Å². The lowest BCUT2D eigenvalue weighted by Crippen LogP contribution is -3.13. The number of rotatable bonds is 4. The van der Waals surface area contributed by atoms with Gasteiger partial charge in [-0.3, -0.25) is 0 Å². The summed E-state index contributed by atoms with van der Waals surface area (Å²) < 4.78 is 5.35. The molecule has 1 heterocycles. The fraction of sp³-hybridized carbons (Fsp3) is 0.455. The monoisotopic (exact) mass is 374 g/mol. The minimum absolute atomic E-state index is 0.103. The van der Waals surface area contributed by atoms with Gasteiger partial charge in [0.15, 0.2) is 5.41 Å². The molecule has 6 heteroatoms. The largest absolute Gasteiger partial charge is 0.497 e. The van der Waals surface area contributed by atoms with Gasteiger partial charge in [0.1, 0.15) is 11.7 Å². The molecule has 1 aliphatic carbocycles. The Kier molecular flexibility index (Phi) is 5.50. The lowest BCUT2D eigenvalue weighted by Gasteiger charge is -2.46. The van der Waals surface area contributed by atoms with Crippen molar-refractivity contribution in [2.75, 3.05) is 26.7 Å². The average Bonchev–Trinajstić information content (AvgIpc) is 2.73. The Hall–Kier alpha value is -3.14. The predicted octanol–water partition coefficient (Wildman–Crippen LogP) is 1.84. The summed E-state index contributed by atoms with van der Waals surface area (Å²) in [4.78, 5) is 1.37. The number of ether oxygens (including phenoxy) is 1. The molecule has 2 unspecified atom stereocenters. The number of methoxy groups -OCH3 is 1. The zero-order valence-corrected chi connectivity index (χ0v) is 16.2. The Balaban J connectivity index is 2.22. The second-order valence-corrected chi connectivity index (χ2v) is 7.48. The highest BCUT2D eigenvalue weighted by atomic mass is 16.5. The van der Waals surface area contributed by atoms with Crippen molar-refractivity contribution in [2.45, 2.75) is 19.3 Å². The van der Waals surface area contributed by atoms with E-state index in [9.17, 15) is 15.8 Å². The Morgan fingerprint density at radius 3 is 2.64 bits per heavy atom. The van der Waals surface area contributed by atoms with Crippen LogP contribution >= 0.6 is 0 Å². The molecule has 1 fully saturated rings. The van der Waals surface area contributed by atoms with Crippen molar-refractivity contribution in [1.29, 1.82) is 21.2 Å². The van der Waals surface area contributed by atoms with Gasteiger partial charge in [-0.1, -0.05) is 19.1 Å². The molecule has 1 saturated carbocycles. The van der Waals surface area contributed by atoms with Crippen LogP contribution in [0.2, 0.25) is 0 Å². The Labute approximate surface area is 165 Å². The molecule has 142 valence electrons. The molecule has 0 saturated heterocycles. The van der Waals surface area contributed by atoms with Crippen molar-refractivity contribution in [3.63, 3.8) is 0 Å². The molecule has 0 bridgehead atoms. The second-order valence-electron chi connectivity index (χ2n) is 7.48. The molecule has 0 amide bonds. The third-order valence-electron chi connectivity index (χ3n) is 6.02. The zero-order chi connectivity index (χ0) is 20.3. The van der Waals surface area contributed by atoms with Gasteiger partial charge in [0.25, 0.3) is 0 Å². The molecule has 2 N–H and O–H groups in total. The SMILES string of the molecule is CCC[NH+]1CC=C2C(C#N)C(=N)C(C#N)(C#N)[C@H](c3cccc(OC)c3)[C@@H]2C1. The van der Waals surface area contributed by atoms with Crippen LogP contribution in [0.5, 0.6) is 5.75 Å². The van der Waals surface area contributed by atoms with E-state index in [2.05, 4.69) is 31.2 Å². The van der Waals surface area contributed by atoms with Gasteiger partial charge in [0, 0.05) is 11.8 Å². The fourth-order valence-corrected chi connectivity index (χ4v) is 4.73. The summed E-state index contributed by atoms with van der Waals surface area (Å²) in [5, 5.41) is 38.5. The Morgan fingerprint density at radius 1 is 1.29 bits per heavy atom. The number of quaternary nitrogens is 1. The molecule has 1 aliphatic heterocycles. The van der Waals surface area contributed by atoms with Crippen LogP contribution < -0.4 is 9.64 Å². The molecule has 1 aromatic carbocycles. The van der Waals surface area contributed by atoms with Crippen LogP contribution in [0, 0.1) is 56.7 Å². The summed E-state index contributed by atoms with van der Waals surface area (Å²) in [7, 11) is 1.58. The first kappa shape index (κ1) is 19.6. The Bertz CT molecular complexity index is 915. The number of hydrogen-bond acceptors (Lipinski definition) is 5. The predicted molar refractivity (Wildman–Crippen MR) is 104 cm³/mol. The first-order chi connectivity index (χ1) is 13.6. The molecular weight excluding hydrogens is 350 g/mol. The highest BCUT2D eigenvalue weighted by Gasteiger charge is 2.58. The van der Waals surface area contributed by atoms with E-state index in [-0.39, 0.29) is 11.6 Å². The third kappa shape index (κ3) is 2.95. The third-order valence-corrected chi connectivity index (χ3v) is 6.02. The van der Waals surface area contributed by atoms with E-state index in [1.165, 1.54) is 4.90 Å². The van der Waals surface area contributed by atoms with Crippen molar-refractivity contribution >= 4 is 5.71 Å². The lowest BCUT2D eigenvalue weighted by atomic mass is 9.54. The number of nitriles is 3. The summed E-state index contributed by atoms with van der Waals surface area (Å²) in [5.74, 6) is -0.807. The second kappa shape index (κ2) is 7.85. The summed E-state index contributed by atoms with van der Waals surface area (Å²) in [6.45, 7) is 4.68. The first-order valence-corrected chi connectivity index (χ1v) is 9.54. The van der Waals surface area contributed by atoms with Crippen LogP contribution in [-0.4, -0.2) is 32.5 Å². The van der Waals surface area contributed by atoms with Gasteiger partial charge in [-0.15, -0.1) is 0 Å². The van der Waals surface area contributed by atoms with E-state index in [0.29, 0.717) is 5.75 Å². The minimum atomic E-state index is -1.66. The maximum Gasteiger partial charge on any atom is 0.189 e. The van der Waals surface area contributed by atoms with E-state index in [4.69, 9.17) is 10.1 Å².